The number of carbonyl (C=O) groups excluding carboxylic acids is 2. The highest BCUT2D eigenvalue weighted by molar-refractivity contribution is 5.98. The van der Waals surface area contributed by atoms with Crippen molar-refractivity contribution >= 4 is 28.4 Å². The molecule has 2 N–H and O–H groups in total. The summed E-state index contributed by atoms with van der Waals surface area (Å²) in [5.41, 5.74) is 2.18. The molecule has 1 fully saturated rings. The van der Waals surface area contributed by atoms with E-state index in [0.29, 0.717) is 49.1 Å². The number of rotatable bonds is 6. The fourth-order valence-electron chi connectivity index (χ4n) is 4.14. The van der Waals surface area contributed by atoms with Crippen LogP contribution < -0.4 is 10.1 Å². The number of hydrogen-bond acceptors (Lipinski definition) is 4. The van der Waals surface area contributed by atoms with Gasteiger partial charge in [-0.05, 0) is 36.4 Å². The molecule has 5 rings (SSSR count). The average molecular weight is 455 g/mol. The van der Waals surface area contributed by atoms with Crippen molar-refractivity contribution < 1.29 is 14.3 Å². The topological polar surface area (TPSA) is 77.7 Å². The van der Waals surface area contributed by atoms with Crippen LogP contribution in [0, 0.1) is 0 Å². The summed E-state index contributed by atoms with van der Waals surface area (Å²) >= 11 is 0. The number of aromatic amines is 1. The Balaban J connectivity index is 1.15. The van der Waals surface area contributed by atoms with Crippen LogP contribution in [0.1, 0.15) is 10.5 Å². The minimum atomic E-state index is -0.112. The molecule has 1 aromatic heterocycles. The van der Waals surface area contributed by atoms with E-state index in [1.807, 2.05) is 89.8 Å². The minimum absolute atomic E-state index is 0.00714. The van der Waals surface area contributed by atoms with Crippen LogP contribution in [0.3, 0.4) is 0 Å². The molecule has 7 nitrogen and oxygen atoms in total. The first-order valence-electron chi connectivity index (χ1n) is 11.4. The van der Waals surface area contributed by atoms with Crippen molar-refractivity contribution in [2.75, 3.05) is 38.0 Å². The summed E-state index contributed by atoms with van der Waals surface area (Å²) in [6.45, 7) is 2.70. The summed E-state index contributed by atoms with van der Waals surface area (Å²) in [5.74, 6) is 1.18. The number of ether oxygens (including phenoxy) is 1. The van der Waals surface area contributed by atoms with Crippen LogP contribution in [-0.4, -0.2) is 59.3 Å². The number of fused-ring (bicyclic) bond motifs is 1. The van der Waals surface area contributed by atoms with Gasteiger partial charge in [-0.15, -0.1) is 0 Å². The molecular formula is C27H26N4O3. The molecule has 1 saturated heterocycles. The summed E-state index contributed by atoms with van der Waals surface area (Å²) in [6, 6.07) is 26.6. The Morgan fingerprint density at radius 1 is 0.853 bits per heavy atom. The van der Waals surface area contributed by atoms with Gasteiger partial charge >= 0.3 is 0 Å². The Kier molecular flexibility index (Phi) is 6.27. The highest BCUT2D eigenvalue weighted by Gasteiger charge is 2.24. The van der Waals surface area contributed by atoms with E-state index in [2.05, 4.69) is 15.2 Å². The first-order valence-corrected chi connectivity index (χ1v) is 11.4. The number of carbonyl (C=O) groups is 2. The molecule has 0 atom stereocenters. The number of hydrogen-bond donors (Lipinski definition) is 2. The van der Waals surface area contributed by atoms with Gasteiger partial charge in [0, 0.05) is 37.1 Å². The van der Waals surface area contributed by atoms with Gasteiger partial charge in [0.05, 0.1) is 12.2 Å². The predicted octanol–water partition coefficient (Wildman–Crippen LogP) is 4.36. The zero-order valence-corrected chi connectivity index (χ0v) is 18.7. The third-order valence-corrected chi connectivity index (χ3v) is 5.92. The molecule has 1 aliphatic heterocycles. The maximum atomic E-state index is 12.9. The first-order chi connectivity index (χ1) is 16.7. The van der Waals surface area contributed by atoms with Gasteiger partial charge in [0.15, 0.2) is 5.75 Å². The summed E-state index contributed by atoms with van der Waals surface area (Å²) in [5, 5.41) is 3.99. The first kappa shape index (κ1) is 21.7. The van der Waals surface area contributed by atoms with Gasteiger partial charge in [0.1, 0.15) is 11.4 Å². The van der Waals surface area contributed by atoms with Crippen LogP contribution in [0.15, 0.2) is 84.9 Å². The van der Waals surface area contributed by atoms with Gasteiger partial charge in [0.2, 0.25) is 5.91 Å². The average Bonchev–Trinajstić information content (AvgIpc) is 3.30. The molecule has 0 radical (unpaired) electrons. The van der Waals surface area contributed by atoms with Gasteiger partial charge in [-0.1, -0.05) is 48.5 Å². The Morgan fingerprint density at radius 3 is 2.35 bits per heavy atom. The number of nitrogens with one attached hydrogen (secondary N) is 2. The molecule has 1 aliphatic rings. The second-order valence-corrected chi connectivity index (χ2v) is 8.30. The van der Waals surface area contributed by atoms with Crippen molar-refractivity contribution in [1.29, 1.82) is 0 Å². The van der Waals surface area contributed by atoms with Crippen LogP contribution in [0.25, 0.3) is 10.9 Å². The predicted molar refractivity (Wildman–Crippen MR) is 132 cm³/mol. The molecule has 3 aromatic carbocycles. The quantitative estimate of drug-likeness (QED) is 0.454. The summed E-state index contributed by atoms with van der Waals surface area (Å²) in [7, 11) is 0. The summed E-state index contributed by atoms with van der Waals surface area (Å²) in [6.07, 6.45) is 0. The molecule has 0 unspecified atom stereocenters. The second-order valence-electron chi connectivity index (χ2n) is 8.30. The van der Waals surface area contributed by atoms with Crippen molar-refractivity contribution in [3.05, 3.63) is 90.6 Å². The van der Waals surface area contributed by atoms with Gasteiger partial charge < -0.3 is 19.9 Å². The molecule has 172 valence electrons. The molecule has 2 amide bonds. The van der Waals surface area contributed by atoms with E-state index in [9.17, 15) is 9.59 Å². The lowest BCUT2D eigenvalue weighted by molar-refractivity contribution is -0.117. The highest BCUT2D eigenvalue weighted by Crippen LogP contribution is 2.29. The van der Waals surface area contributed by atoms with Crippen molar-refractivity contribution in [2.45, 2.75) is 0 Å². The van der Waals surface area contributed by atoms with Crippen LogP contribution >= 0.6 is 0 Å². The van der Waals surface area contributed by atoms with Crippen molar-refractivity contribution in [3.63, 3.8) is 0 Å². The largest absolute Gasteiger partial charge is 0.455 e. The number of amides is 2. The van der Waals surface area contributed by atoms with Crippen LogP contribution in [0.5, 0.6) is 11.5 Å². The van der Waals surface area contributed by atoms with Crippen LogP contribution in [0.4, 0.5) is 5.69 Å². The maximum absolute atomic E-state index is 12.9. The molecule has 4 aromatic rings. The van der Waals surface area contributed by atoms with Gasteiger partial charge in [-0.2, -0.15) is 0 Å². The third kappa shape index (κ3) is 4.94. The monoisotopic (exact) mass is 454 g/mol. The van der Waals surface area contributed by atoms with E-state index in [4.69, 9.17) is 4.74 Å². The normalized spacial score (nSPS) is 14.2. The lowest BCUT2D eigenvalue weighted by Gasteiger charge is -2.34. The van der Waals surface area contributed by atoms with E-state index in [0.717, 1.165) is 10.9 Å². The highest BCUT2D eigenvalue weighted by atomic mass is 16.5. The number of H-pyrrole nitrogens is 1. The van der Waals surface area contributed by atoms with Crippen LogP contribution in [0.2, 0.25) is 0 Å². The summed E-state index contributed by atoms with van der Waals surface area (Å²) < 4.78 is 5.93. The fourth-order valence-corrected chi connectivity index (χ4v) is 4.14. The molecule has 0 spiro atoms. The van der Waals surface area contributed by atoms with E-state index < -0.39 is 0 Å². The zero-order valence-electron chi connectivity index (χ0n) is 18.7. The number of nitrogens with zero attached hydrogens (tertiary/aromatic N) is 2. The summed E-state index contributed by atoms with van der Waals surface area (Å²) in [4.78, 5) is 32.7. The van der Waals surface area contributed by atoms with E-state index in [1.54, 1.807) is 0 Å². The molecule has 7 heteroatoms. The molecular weight excluding hydrogens is 428 g/mol. The van der Waals surface area contributed by atoms with Crippen molar-refractivity contribution in [3.8, 4) is 11.5 Å². The number of anilines is 1. The molecule has 0 bridgehead atoms. The Labute approximate surface area is 197 Å². The Bertz CT molecular complexity index is 1260. The fraction of sp³-hybridized carbons (Fsp3) is 0.185. The smallest absolute Gasteiger partial charge is 0.270 e. The standard InChI is InChI=1S/C27H26N4O3/c32-26(29-23-12-6-7-13-25(23)34-21-9-2-1-3-10-21)19-30-14-16-31(17-15-30)27(33)24-18-20-8-4-5-11-22(20)28-24/h1-13,18,28H,14-17,19H2,(H,29,32). The molecule has 2 heterocycles. The van der Waals surface area contributed by atoms with Gasteiger partial charge in [0.25, 0.3) is 5.91 Å². The SMILES string of the molecule is O=C(CN1CCN(C(=O)c2cc3ccccc3[nH]2)CC1)Nc1ccccc1Oc1ccccc1. The van der Waals surface area contributed by atoms with Crippen molar-refractivity contribution in [2.24, 2.45) is 0 Å². The van der Waals surface area contributed by atoms with Gasteiger partial charge in [-0.25, -0.2) is 0 Å². The van der Waals surface area contributed by atoms with E-state index in [-0.39, 0.29) is 18.4 Å². The van der Waals surface area contributed by atoms with E-state index in [1.165, 1.54) is 0 Å². The van der Waals surface area contributed by atoms with E-state index >= 15 is 0 Å². The lowest BCUT2D eigenvalue weighted by Crippen LogP contribution is -2.50. The maximum Gasteiger partial charge on any atom is 0.270 e. The number of aromatic nitrogens is 1. The number of benzene rings is 3. The molecule has 0 saturated carbocycles. The second kappa shape index (κ2) is 9.80. The Hall–Kier alpha value is -4.10. The molecule has 0 aliphatic carbocycles. The third-order valence-electron chi connectivity index (χ3n) is 5.92. The number of piperazine rings is 1. The lowest BCUT2D eigenvalue weighted by atomic mass is 10.2. The Morgan fingerprint density at radius 2 is 1.56 bits per heavy atom. The van der Waals surface area contributed by atoms with Gasteiger partial charge in [-0.3, -0.25) is 14.5 Å². The minimum Gasteiger partial charge on any atom is -0.455 e. The zero-order chi connectivity index (χ0) is 23.3. The molecule has 34 heavy (non-hydrogen) atoms. The number of para-hydroxylation sites is 4. The van der Waals surface area contributed by atoms with Crippen LogP contribution in [-0.2, 0) is 4.79 Å². The van der Waals surface area contributed by atoms with Crippen molar-refractivity contribution in [1.82, 2.24) is 14.8 Å².